The predicted molar refractivity (Wildman–Crippen MR) is 151 cm³/mol. The van der Waals surface area contributed by atoms with E-state index in [1.165, 1.54) is 50.3 Å². The summed E-state index contributed by atoms with van der Waals surface area (Å²) in [6.45, 7) is 21.6. The van der Waals surface area contributed by atoms with Gasteiger partial charge in [-0.25, -0.2) is 0 Å². The van der Waals surface area contributed by atoms with Crippen molar-refractivity contribution in [2.75, 3.05) is 22.9 Å². The van der Waals surface area contributed by atoms with Crippen LogP contribution in [0, 0.1) is 55.6 Å². The molecule has 2 aromatic carbocycles. The molecule has 1 aliphatic heterocycles. The normalized spacial score (nSPS) is 12.6. The molecule has 0 bridgehead atoms. The number of halogens is 2. The molecule has 0 unspecified atom stereocenters. The van der Waals surface area contributed by atoms with Crippen LogP contribution in [-0.2, 0) is 13.5 Å². The smallest absolute Gasteiger partial charge is 0.0146 e. The average molecular weight is 587 g/mol. The van der Waals surface area contributed by atoms with Gasteiger partial charge in [-0.2, -0.15) is 6.67 Å². The fourth-order valence-electron chi connectivity index (χ4n) is 4.37. The second kappa shape index (κ2) is 14.1. The van der Waals surface area contributed by atoms with Gasteiger partial charge in [-0.15, -0.1) is 0 Å². The molecule has 2 nitrogen and oxygen atoms in total. The number of hydrogen-bond acceptors (Lipinski definition) is 2. The van der Waals surface area contributed by atoms with Gasteiger partial charge in [0.2, 0.25) is 0 Å². The Bertz CT molecular complexity index is 1020. The van der Waals surface area contributed by atoms with E-state index < -0.39 is 13.5 Å². The second-order valence-corrected chi connectivity index (χ2v) is 14.1. The van der Waals surface area contributed by atoms with Gasteiger partial charge in [0.05, 0.1) is 0 Å². The first-order valence-corrected chi connectivity index (χ1v) is 16.4. The Morgan fingerprint density at radius 3 is 1.53 bits per heavy atom. The van der Waals surface area contributed by atoms with Gasteiger partial charge in [0.25, 0.3) is 0 Å². The summed E-state index contributed by atoms with van der Waals surface area (Å²) in [5.74, 6) is 0. The third-order valence-electron chi connectivity index (χ3n) is 5.32. The van der Waals surface area contributed by atoms with E-state index in [1.807, 2.05) is 19.9 Å². The van der Waals surface area contributed by atoms with E-state index in [0.29, 0.717) is 0 Å². The van der Waals surface area contributed by atoms with Crippen LogP contribution in [0.3, 0.4) is 0 Å². The van der Waals surface area contributed by atoms with Crippen LogP contribution in [0.25, 0.3) is 0 Å². The molecule has 3 rings (SSSR count). The zero-order chi connectivity index (χ0) is 24.7. The fourth-order valence-corrected chi connectivity index (χ4v) is 5.16. The minimum absolute atomic E-state index is 0. The fraction of sp³-hybridized carbons (Fsp3) is 0.345. The maximum absolute atomic E-state index is 5.49. The molecule has 0 spiro atoms. The third kappa shape index (κ3) is 8.89. The molecule has 188 valence electrons. The summed E-state index contributed by atoms with van der Waals surface area (Å²) in [7, 11) is 11.0. The maximum atomic E-state index is 5.49. The number of anilines is 2. The minimum Gasteiger partial charge on any atom is -0.502 e. The van der Waals surface area contributed by atoms with Crippen LogP contribution in [0.15, 0.2) is 47.7 Å². The molecule has 1 heterocycles. The van der Waals surface area contributed by atoms with E-state index in [9.17, 15) is 0 Å². The summed E-state index contributed by atoms with van der Waals surface area (Å²) in [6.07, 6.45) is 3.69. The van der Waals surface area contributed by atoms with Gasteiger partial charge in [-0.05, 0) is 63.8 Å². The summed E-state index contributed by atoms with van der Waals surface area (Å²) >= 11 is -1.75. The summed E-state index contributed by atoms with van der Waals surface area (Å²) in [4.78, 5) is 4.81. The molecule has 0 amide bonds. The zero-order valence-corrected chi connectivity index (χ0v) is 25.2. The van der Waals surface area contributed by atoms with E-state index in [1.54, 1.807) is 6.08 Å². The van der Waals surface area contributed by atoms with E-state index in [2.05, 4.69) is 92.3 Å². The second-order valence-electron chi connectivity index (χ2n) is 8.82. The van der Waals surface area contributed by atoms with Crippen LogP contribution in [0.4, 0.5) is 11.4 Å². The van der Waals surface area contributed by atoms with Gasteiger partial charge >= 0.3 is 74.5 Å². The van der Waals surface area contributed by atoms with Crippen molar-refractivity contribution in [1.82, 2.24) is 0 Å². The monoisotopic (exact) mass is 586 g/mol. The average Bonchev–Trinajstić information content (AvgIpc) is 3.13. The van der Waals surface area contributed by atoms with Crippen molar-refractivity contribution in [2.24, 2.45) is 0 Å². The number of benzene rings is 2. The Labute approximate surface area is 221 Å². The van der Waals surface area contributed by atoms with Gasteiger partial charge in [0.1, 0.15) is 0 Å². The summed E-state index contributed by atoms with van der Waals surface area (Å²) in [6, 6.07) is 9.12. The number of hydrogen-bond donors (Lipinski definition) is 0. The van der Waals surface area contributed by atoms with Crippen LogP contribution in [0.1, 0.15) is 47.2 Å². The Morgan fingerprint density at radius 1 is 0.824 bits per heavy atom. The van der Waals surface area contributed by atoms with Crippen molar-refractivity contribution in [3.05, 3.63) is 95.2 Å². The molecule has 0 aliphatic carbocycles. The van der Waals surface area contributed by atoms with Gasteiger partial charge in [-0.1, -0.05) is 35.4 Å². The number of aryl methyl sites for hydroxylation is 6. The number of rotatable bonds is 3. The molecule has 1 fully saturated rings. The van der Waals surface area contributed by atoms with Crippen LogP contribution in [-0.4, -0.2) is 17.4 Å². The van der Waals surface area contributed by atoms with Crippen LogP contribution in [0.5, 0.6) is 0 Å². The number of nitrogens with zero attached hydrogens (tertiary/aromatic N) is 2. The van der Waals surface area contributed by atoms with Crippen molar-refractivity contribution in [3.63, 3.8) is 0 Å². The first-order valence-electron chi connectivity index (χ1n) is 11.0. The third-order valence-corrected chi connectivity index (χ3v) is 6.69. The number of allylic oxidation sites excluding steroid dienone is 3. The molecule has 0 aromatic heterocycles. The standard InChI is InChI=1S/C21H27N2.C7H8.CH3.2ClH.Ru/c1-14-9-16(3)20(17(4)10-14)22-7-8-23(13-22)21-18(5)11-15(2)12-19(21)6;1-4-5-6-7(2)3;;;;/h9-13H,7-8H2,1-6H3;5-6H,2-3H3;1H3;2*1H;/q-1;;-1;;;+2/p-2. The molecule has 2 aromatic rings. The largest absolute Gasteiger partial charge is 0.502 e. The van der Waals surface area contributed by atoms with Crippen LogP contribution < -0.4 is 9.80 Å². The summed E-state index contributed by atoms with van der Waals surface area (Å²) < 4.78 is 2.72. The summed E-state index contributed by atoms with van der Waals surface area (Å²) in [5.41, 5.74) is 14.8. The van der Waals surface area contributed by atoms with Crippen LogP contribution in [0.2, 0.25) is 0 Å². The van der Waals surface area contributed by atoms with Gasteiger partial charge in [-0.3, -0.25) is 0 Å². The molecule has 0 N–H and O–H groups in total. The molecular weight excluding hydrogens is 548 g/mol. The predicted octanol–water partition coefficient (Wildman–Crippen LogP) is 8.42. The van der Waals surface area contributed by atoms with Crippen molar-refractivity contribution < 1.29 is 13.5 Å². The van der Waals surface area contributed by atoms with Crippen LogP contribution >= 0.6 is 19.4 Å². The molecule has 1 saturated heterocycles. The van der Waals surface area contributed by atoms with Gasteiger partial charge in [0.15, 0.2) is 0 Å². The molecule has 0 saturated carbocycles. The quantitative estimate of drug-likeness (QED) is 0.154. The van der Waals surface area contributed by atoms with Gasteiger partial charge in [0, 0.05) is 24.5 Å². The Hall–Kier alpha value is -1.59. The first kappa shape index (κ1) is 30.4. The Morgan fingerprint density at radius 2 is 1.21 bits per heavy atom. The van der Waals surface area contributed by atoms with Crippen molar-refractivity contribution in [1.29, 1.82) is 0 Å². The topological polar surface area (TPSA) is 6.48 Å². The van der Waals surface area contributed by atoms with E-state index in [4.69, 9.17) is 19.4 Å². The molecule has 5 heteroatoms. The Balaban J connectivity index is 0.000000450. The van der Waals surface area contributed by atoms with Crippen molar-refractivity contribution in [3.8, 4) is 0 Å². The molecule has 0 radical (unpaired) electrons. The van der Waals surface area contributed by atoms with Gasteiger partial charge < -0.3 is 17.2 Å². The molecular formula is C29H38Cl2N2Ru-2. The SMILES string of the molecule is CC(C)=CC=C=[C]=[Ru]([Cl])[Cl].Cc1cc(C)c(N2[CH-]N(c3c(C)cc(C)cc3C)CC2)c(C)c1.[CH3-]. The van der Waals surface area contributed by atoms with E-state index >= 15 is 0 Å². The molecule has 0 atom stereocenters. The van der Waals surface area contributed by atoms with Crippen molar-refractivity contribution in [2.45, 2.75) is 55.4 Å². The van der Waals surface area contributed by atoms with E-state index in [-0.39, 0.29) is 7.43 Å². The first-order chi connectivity index (χ1) is 15.5. The van der Waals surface area contributed by atoms with Crippen molar-refractivity contribution >= 4 is 35.0 Å². The molecule has 1 aliphatic rings. The minimum atomic E-state index is -1.75. The zero-order valence-electron chi connectivity index (χ0n) is 22.0. The molecule has 34 heavy (non-hydrogen) atoms. The maximum Gasteiger partial charge on any atom is 0.0146 e. The Kier molecular flexibility index (Phi) is 12.6. The summed E-state index contributed by atoms with van der Waals surface area (Å²) in [5, 5.41) is 0. The van der Waals surface area contributed by atoms with E-state index in [0.717, 1.165) is 13.1 Å².